The normalized spacial score (nSPS) is 16.4. The Bertz CT molecular complexity index is 133. The Hall–Kier alpha value is 0.0569. The highest BCUT2D eigenvalue weighted by molar-refractivity contribution is 6.08. The standard InChI is InChI=1S/C8H22NO3Si/c1-9(12-4,6-5-7-13)8(10-2)11-3/h8H,5-7H2,1-4,13H3/q+1. The molecule has 0 aliphatic rings. The summed E-state index contributed by atoms with van der Waals surface area (Å²) in [5, 5.41) is 0. The van der Waals surface area contributed by atoms with Gasteiger partial charge in [0.15, 0.2) is 0 Å². The van der Waals surface area contributed by atoms with E-state index in [1.54, 1.807) is 21.3 Å². The van der Waals surface area contributed by atoms with Crippen LogP contribution >= 0.6 is 0 Å². The average Bonchev–Trinajstić information content (AvgIpc) is 2.16. The van der Waals surface area contributed by atoms with Crippen LogP contribution in [0.5, 0.6) is 0 Å². The van der Waals surface area contributed by atoms with Gasteiger partial charge in [-0.15, -0.1) is 4.65 Å². The second-order valence-electron chi connectivity index (χ2n) is 3.21. The minimum Gasteiger partial charge on any atom is -0.307 e. The largest absolute Gasteiger partial charge is 0.338 e. The molecule has 0 saturated heterocycles. The molecule has 0 N–H and O–H groups in total. The molecule has 1 atom stereocenters. The van der Waals surface area contributed by atoms with Crippen LogP contribution < -0.4 is 0 Å². The molecule has 0 heterocycles. The number of methoxy groups -OCH3 is 2. The molecule has 1 unspecified atom stereocenters. The lowest BCUT2D eigenvalue weighted by Gasteiger charge is -2.34. The van der Waals surface area contributed by atoms with Crippen LogP contribution in [0.4, 0.5) is 0 Å². The van der Waals surface area contributed by atoms with Crippen LogP contribution in [0.1, 0.15) is 6.42 Å². The van der Waals surface area contributed by atoms with Gasteiger partial charge in [-0.3, -0.25) is 0 Å². The third-order valence-corrected chi connectivity index (χ3v) is 2.93. The summed E-state index contributed by atoms with van der Waals surface area (Å²) in [6, 6.07) is 1.28. The van der Waals surface area contributed by atoms with Crippen molar-refractivity contribution < 1.29 is 19.0 Å². The lowest BCUT2D eigenvalue weighted by atomic mass is 10.4. The quantitative estimate of drug-likeness (QED) is 0.250. The van der Waals surface area contributed by atoms with Crippen LogP contribution in [0.3, 0.4) is 0 Å². The second kappa shape index (κ2) is 6.50. The van der Waals surface area contributed by atoms with Crippen LogP contribution in [0, 0.1) is 0 Å². The molecule has 0 radical (unpaired) electrons. The number of hydrogen-bond acceptors (Lipinski definition) is 3. The molecule has 5 heteroatoms. The first-order valence-electron chi connectivity index (χ1n) is 4.61. The number of rotatable bonds is 7. The van der Waals surface area contributed by atoms with Crippen molar-refractivity contribution in [2.24, 2.45) is 0 Å². The van der Waals surface area contributed by atoms with Gasteiger partial charge in [0.2, 0.25) is 0 Å². The predicted molar refractivity (Wildman–Crippen MR) is 55.2 cm³/mol. The summed E-state index contributed by atoms with van der Waals surface area (Å²) in [5.41, 5.74) is 0. The average molecular weight is 208 g/mol. The molecule has 80 valence electrons. The van der Waals surface area contributed by atoms with E-state index in [1.165, 1.54) is 16.3 Å². The van der Waals surface area contributed by atoms with Crippen LogP contribution in [0.25, 0.3) is 0 Å². The zero-order chi connectivity index (χ0) is 10.3. The summed E-state index contributed by atoms with van der Waals surface area (Å²) in [6.45, 7) is 0.923. The Morgan fingerprint density at radius 1 is 1.23 bits per heavy atom. The van der Waals surface area contributed by atoms with E-state index in [0.29, 0.717) is 4.65 Å². The number of quaternary nitrogens is 1. The van der Waals surface area contributed by atoms with Gasteiger partial charge in [-0.1, -0.05) is 6.04 Å². The van der Waals surface area contributed by atoms with Gasteiger partial charge in [-0.25, -0.2) is 4.84 Å². The maximum atomic E-state index is 5.39. The summed E-state index contributed by atoms with van der Waals surface area (Å²) < 4.78 is 10.7. The first-order valence-corrected chi connectivity index (χ1v) is 6.02. The maximum Gasteiger partial charge on any atom is 0.338 e. The van der Waals surface area contributed by atoms with Gasteiger partial charge < -0.3 is 9.47 Å². The molecule has 13 heavy (non-hydrogen) atoms. The van der Waals surface area contributed by atoms with Crippen molar-refractivity contribution in [1.82, 2.24) is 0 Å². The van der Waals surface area contributed by atoms with Gasteiger partial charge in [0.25, 0.3) is 0 Å². The van der Waals surface area contributed by atoms with E-state index in [0.717, 1.165) is 13.0 Å². The molecule has 0 fully saturated rings. The molecule has 0 saturated carbocycles. The first-order chi connectivity index (χ1) is 6.14. The van der Waals surface area contributed by atoms with E-state index in [2.05, 4.69) is 0 Å². The third-order valence-electron chi connectivity index (χ3n) is 2.22. The molecule has 4 nitrogen and oxygen atoms in total. The minimum atomic E-state index is -0.335. The van der Waals surface area contributed by atoms with Crippen LogP contribution in [0.15, 0.2) is 0 Å². The molecule has 0 aromatic rings. The fourth-order valence-corrected chi connectivity index (χ4v) is 1.61. The summed E-state index contributed by atoms with van der Waals surface area (Å²) in [5.74, 6) is 0. The van der Waals surface area contributed by atoms with E-state index in [-0.39, 0.29) is 6.41 Å². The van der Waals surface area contributed by atoms with Crippen molar-refractivity contribution >= 4 is 10.2 Å². The lowest BCUT2D eigenvalue weighted by molar-refractivity contribution is -1.13. The monoisotopic (exact) mass is 208 g/mol. The molecular formula is C8H22NO3Si+. The summed E-state index contributed by atoms with van der Waals surface area (Å²) >= 11 is 0. The molecule has 0 spiro atoms. The molecule has 0 bridgehead atoms. The fraction of sp³-hybridized carbons (Fsp3) is 1.00. The highest BCUT2D eigenvalue weighted by Gasteiger charge is 2.33. The molecule has 0 rings (SSSR count). The summed E-state index contributed by atoms with van der Waals surface area (Å²) in [4.78, 5) is 5.39. The Kier molecular flexibility index (Phi) is 6.53. The van der Waals surface area contributed by atoms with Crippen LogP contribution in [-0.2, 0) is 14.3 Å². The van der Waals surface area contributed by atoms with Crippen molar-refractivity contribution in [1.29, 1.82) is 0 Å². The second-order valence-corrected chi connectivity index (χ2v) is 4.21. The highest BCUT2D eigenvalue weighted by atomic mass is 28.1. The highest BCUT2D eigenvalue weighted by Crippen LogP contribution is 2.13. The Balaban J connectivity index is 4.21. The van der Waals surface area contributed by atoms with Crippen LogP contribution in [0.2, 0.25) is 6.04 Å². The lowest BCUT2D eigenvalue weighted by Crippen LogP contribution is -2.53. The summed E-state index contributed by atoms with van der Waals surface area (Å²) in [7, 11) is 8.14. The van der Waals surface area contributed by atoms with Gasteiger partial charge >= 0.3 is 6.41 Å². The van der Waals surface area contributed by atoms with E-state index < -0.39 is 0 Å². The number of hydrogen-bond donors (Lipinski definition) is 0. The smallest absolute Gasteiger partial charge is 0.307 e. The molecule has 0 aromatic heterocycles. The maximum absolute atomic E-state index is 5.39. The van der Waals surface area contributed by atoms with Crippen molar-refractivity contribution in [2.75, 3.05) is 34.9 Å². The number of hydroxylamine groups is 3. The number of ether oxygens (including phenoxy) is 2. The van der Waals surface area contributed by atoms with Gasteiger partial charge in [-0.05, 0) is 6.42 Å². The van der Waals surface area contributed by atoms with Crippen molar-refractivity contribution in [3.05, 3.63) is 0 Å². The molecule has 0 aliphatic heterocycles. The van der Waals surface area contributed by atoms with Crippen molar-refractivity contribution in [2.45, 2.75) is 18.9 Å². The van der Waals surface area contributed by atoms with Crippen molar-refractivity contribution in [3.63, 3.8) is 0 Å². The van der Waals surface area contributed by atoms with E-state index >= 15 is 0 Å². The Morgan fingerprint density at radius 2 is 1.77 bits per heavy atom. The minimum absolute atomic E-state index is 0.335. The Morgan fingerprint density at radius 3 is 2.08 bits per heavy atom. The molecule has 0 aromatic carbocycles. The topological polar surface area (TPSA) is 27.7 Å². The van der Waals surface area contributed by atoms with Crippen LogP contribution in [-0.4, -0.2) is 56.2 Å². The van der Waals surface area contributed by atoms with Gasteiger partial charge in [-0.2, -0.15) is 0 Å². The third kappa shape index (κ3) is 3.74. The van der Waals surface area contributed by atoms with E-state index in [1.807, 2.05) is 7.05 Å². The zero-order valence-corrected chi connectivity index (χ0v) is 11.4. The molecule has 0 amide bonds. The molecular weight excluding hydrogens is 186 g/mol. The van der Waals surface area contributed by atoms with Crippen molar-refractivity contribution in [3.8, 4) is 0 Å². The SMILES string of the molecule is COC(OC)[N+](C)(CCC[SiH3])OC. The fourth-order valence-electron chi connectivity index (χ4n) is 1.30. The van der Waals surface area contributed by atoms with E-state index in [9.17, 15) is 0 Å². The Labute approximate surface area is 83.7 Å². The van der Waals surface area contributed by atoms with E-state index in [4.69, 9.17) is 14.3 Å². The number of nitrogens with zero attached hydrogens (tertiary/aromatic N) is 1. The zero-order valence-electron chi connectivity index (χ0n) is 9.37. The van der Waals surface area contributed by atoms with Gasteiger partial charge in [0.05, 0.1) is 7.11 Å². The summed E-state index contributed by atoms with van der Waals surface area (Å²) in [6.07, 6.45) is 0.818. The molecule has 0 aliphatic carbocycles. The predicted octanol–water partition coefficient (Wildman–Crippen LogP) is -0.255. The first kappa shape index (κ1) is 13.1. The van der Waals surface area contributed by atoms with Gasteiger partial charge in [0, 0.05) is 24.5 Å². The van der Waals surface area contributed by atoms with Gasteiger partial charge in [0.1, 0.15) is 13.6 Å².